The van der Waals surface area contributed by atoms with Crippen LogP contribution in [0.1, 0.15) is 37.9 Å². The molecular formula is C17H21NO. The van der Waals surface area contributed by atoms with Crippen molar-refractivity contribution in [2.45, 2.75) is 39.7 Å². The summed E-state index contributed by atoms with van der Waals surface area (Å²) in [5.74, 6) is 0.944. The summed E-state index contributed by atoms with van der Waals surface area (Å²) >= 11 is 0. The lowest BCUT2D eigenvalue weighted by atomic mass is 9.96. The Hall–Kier alpha value is -1.83. The van der Waals surface area contributed by atoms with Gasteiger partial charge in [0, 0.05) is 17.5 Å². The zero-order valence-electron chi connectivity index (χ0n) is 11.9. The summed E-state index contributed by atoms with van der Waals surface area (Å²) in [6, 6.07) is 1.96. The van der Waals surface area contributed by atoms with E-state index < -0.39 is 0 Å². The molecule has 0 bridgehead atoms. The molecule has 1 aromatic rings. The van der Waals surface area contributed by atoms with Gasteiger partial charge in [0.1, 0.15) is 5.75 Å². The van der Waals surface area contributed by atoms with Crippen LogP contribution in [0.4, 0.5) is 0 Å². The minimum Gasteiger partial charge on any atom is -0.490 e. The molecule has 0 radical (unpaired) electrons. The molecule has 1 saturated carbocycles. The van der Waals surface area contributed by atoms with Crippen LogP contribution in [0.15, 0.2) is 42.6 Å². The number of hydrogen-bond acceptors (Lipinski definition) is 2. The molecule has 0 saturated heterocycles. The van der Waals surface area contributed by atoms with E-state index in [0.717, 1.165) is 29.8 Å². The van der Waals surface area contributed by atoms with Gasteiger partial charge < -0.3 is 4.74 Å². The van der Waals surface area contributed by atoms with Crippen molar-refractivity contribution >= 4 is 5.57 Å². The lowest BCUT2D eigenvalue weighted by Crippen LogP contribution is -2.03. The van der Waals surface area contributed by atoms with Gasteiger partial charge in [0.15, 0.2) is 0 Å². The molecule has 0 amide bonds. The highest BCUT2D eigenvalue weighted by Gasteiger charge is 2.25. The van der Waals surface area contributed by atoms with Crippen molar-refractivity contribution < 1.29 is 4.74 Å². The van der Waals surface area contributed by atoms with Crippen molar-refractivity contribution in [3.8, 4) is 5.75 Å². The quantitative estimate of drug-likeness (QED) is 0.724. The standard InChI is InChI=1S/C17H21NO/c1-5-7-12(3)15(6-2)17-13(4)18-11-10-16(17)19-14-8-9-14/h5-7,10-11,14H,1,8-9H2,2-4H3/b12-7+,15-6+. The molecule has 2 nitrogen and oxygen atoms in total. The number of allylic oxidation sites excluding steroid dienone is 5. The summed E-state index contributed by atoms with van der Waals surface area (Å²) in [5.41, 5.74) is 4.45. The van der Waals surface area contributed by atoms with Crippen LogP contribution < -0.4 is 4.74 Å². The lowest BCUT2D eigenvalue weighted by molar-refractivity contribution is 0.302. The summed E-state index contributed by atoms with van der Waals surface area (Å²) in [4.78, 5) is 4.40. The van der Waals surface area contributed by atoms with Gasteiger partial charge in [-0.15, -0.1) is 0 Å². The van der Waals surface area contributed by atoms with Crippen LogP contribution in [0.3, 0.4) is 0 Å². The molecule has 0 atom stereocenters. The number of aryl methyl sites for hydroxylation is 1. The highest BCUT2D eigenvalue weighted by atomic mass is 16.5. The summed E-state index contributed by atoms with van der Waals surface area (Å²) < 4.78 is 6.01. The Balaban J connectivity index is 2.46. The molecule has 1 aliphatic rings. The van der Waals surface area contributed by atoms with Crippen molar-refractivity contribution in [3.63, 3.8) is 0 Å². The third-order valence-corrected chi connectivity index (χ3v) is 3.27. The van der Waals surface area contributed by atoms with Gasteiger partial charge in [-0.2, -0.15) is 0 Å². The van der Waals surface area contributed by atoms with E-state index >= 15 is 0 Å². The van der Waals surface area contributed by atoms with Gasteiger partial charge in [0.2, 0.25) is 0 Å². The Morgan fingerprint density at radius 1 is 1.47 bits per heavy atom. The molecule has 0 unspecified atom stereocenters. The van der Waals surface area contributed by atoms with Gasteiger partial charge in [-0.1, -0.05) is 24.8 Å². The van der Waals surface area contributed by atoms with Gasteiger partial charge in [-0.05, 0) is 50.8 Å². The second-order valence-corrected chi connectivity index (χ2v) is 4.87. The van der Waals surface area contributed by atoms with Crippen LogP contribution >= 0.6 is 0 Å². The van der Waals surface area contributed by atoms with E-state index in [0.29, 0.717) is 6.10 Å². The van der Waals surface area contributed by atoms with Crippen LogP contribution in [0, 0.1) is 6.92 Å². The smallest absolute Gasteiger partial charge is 0.130 e. The van der Waals surface area contributed by atoms with Crippen LogP contribution in [-0.2, 0) is 0 Å². The normalized spacial score (nSPS) is 16.4. The molecule has 0 N–H and O–H groups in total. The van der Waals surface area contributed by atoms with Crippen molar-refractivity contribution in [2.24, 2.45) is 0 Å². The van der Waals surface area contributed by atoms with Gasteiger partial charge in [-0.3, -0.25) is 4.98 Å². The Kier molecular flexibility index (Phi) is 4.20. The first-order chi connectivity index (χ1) is 9.17. The van der Waals surface area contributed by atoms with E-state index in [1.807, 2.05) is 38.3 Å². The maximum atomic E-state index is 6.01. The molecule has 2 heteroatoms. The molecule has 1 fully saturated rings. The van der Waals surface area contributed by atoms with Gasteiger partial charge in [0.25, 0.3) is 0 Å². The average molecular weight is 255 g/mol. The van der Waals surface area contributed by atoms with Gasteiger partial charge >= 0.3 is 0 Å². The number of hydrogen-bond donors (Lipinski definition) is 0. The first-order valence-electron chi connectivity index (χ1n) is 6.76. The van der Waals surface area contributed by atoms with Crippen LogP contribution in [0.2, 0.25) is 0 Å². The van der Waals surface area contributed by atoms with E-state index in [-0.39, 0.29) is 0 Å². The molecule has 1 aromatic heterocycles. The third kappa shape index (κ3) is 3.14. The number of ether oxygens (including phenoxy) is 1. The predicted molar refractivity (Wildman–Crippen MR) is 80.2 cm³/mol. The van der Waals surface area contributed by atoms with Crippen molar-refractivity contribution in [3.05, 3.63) is 53.9 Å². The number of rotatable bonds is 5. The Bertz CT molecular complexity index is 536. The molecule has 2 rings (SSSR count). The van der Waals surface area contributed by atoms with E-state index in [4.69, 9.17) is 4.74 Å². The van der Waals surface area contributed by atoms with Crippen LogP contribution in [-0.4, -0.2) is 11.1 Å². The summed E-state index contributed by atoms with van der Waals surface area (Å²) in [6.07, 6.45) is 10.5. The molecule has 1 heterocycles. The largest absolute Gasteiger partial charge is 0.490 e. The second kappa shape index (κ2) is 5.87. The number of nitrogens with zero attached hydrogens (tertiary/aromatic N) is 1. The van der Waals surface area contributed by atoms with E-state index in [1.54, 1.807) is 0 Å². The zero-order valence-corrected chi connectivity index (χ0v) is 11.9. The average Bonchev–Trinajstić information content (AvgIpc) is 3.18. The monoisotopic (exact) mass is 255 g/mol. The minimum absolute atomic E-state index is 0.391. The first-order valence-corrected chi connectivity index (χ1v) is 6.76. The van der Waals surface area contributed by atoms with Gasteiger partial charge in [0.05, 0.1) is 6.10 Å². The van der Waals surface area contributed by atoms with Crippen LogP contribution in [0.25, 0.3) is 5.57 Å². The highest BCUT2D eigenvalue weighted by Crippen LogP contribution is 2.36. The summed E-state index contributed by atoms with van der Waals surface area (Å²) in [6.45, 7) is 9.92. The molecule has 0 aromatic carbocycles. The molecule has 1 aliphatic carbocycles. The fourth-order valence-electron chi connectivity index (χ4n) is 2.17. The van der Waals surface area contributed by atoms with Crippen molar-refractivity contribution in [1.29, 1.82) is 0 Å². The van der Waals surface area contributed by atoms with Crippen molar-refractivity contribution in [2.75, 3.05) is 0 Å². The SMILES string of the molecule is C=C/C=C(C)/C(=C\C)c1c(OC2CC2)ccnc1C. The van der Waals surface area contributed by atoms with E-state index in [2.05, 4.69) is 24.6 Å². The summed E-state index contributed by atoms with van der Waals surface area (Å²) in [7, 11) is 0. The first kappa shape index (κ1) is 13.6. The Morgan fingerprint density at radius 3 is 2.79 bits per heavy atom. The van der Waals surface area contributed by atoms with E-state index in [9.17, 15) is 0 Å². The Labute approximate surface area is 115 Å². The van der Waals surface area contributed by atoms with Crippen LogP contribution in [0.5, 0.6) is 5.75 Å². The topological polar surface area (TPSA) is 22.1 Å². The maximum Gasteiger partial charge on any atom is 0.130 e. The maximum absolute atomic E-state index is 6.01. The van der Waals surface area contributed by atoms with E-state index in [1.165, 1.54) is 11.1 Å². The molecular weight excluding hydrogens is 234 g/mol. The molecule has 0 aliphatic heterocycles. The molecule has 100 valence electrons. The molecule has 0 spiro atoms. The Morgan fingerprint density at radius 2 is 2.21 bits per heavy atom. The number of aromatic nitrogens is 1. The van der Waals surface area contributed by atoms with Crippen molar-refractivity contribution in [1.82, 2.24) is 4.98 Å². The summed E-state index contributed by atoms with van der Waals surface area (Å²) in [5, 5.41) is 0. The molecule has 19 heavy (non-hydrogen) atoms. The second-order valence-electron chi connectivity index (χ2n) is 4.87. The fraction of sp³-hybridized carbons (Fsp3) is 0.353. The van der Waals surface area contributed by atoms with Gasteiger partial charge in [-0.25, -0.2) is 0 Å². The lowest BCUT2D eigenvalue weighted by Gasteiger charge is -2.16. The predicted octanol–water partition coefficient (Wildman–Crippen LogP) is 4.47. The third-order valence-electron chi connectivity index (χ3n) is 3.27. The number of pyridine rings is 1. The fourth-order valence-corrected chi connectivity index (χ4v) is 2.17. The highest BCUT2D eigenvalue weighted by molar-refractivity contribution is 5.82. The minimum atomic E-state index is 0.391. The zero-order chi connectivity index (χ0) is 13.8.